The first-order valence-corrected chi connectivity index (χ1v) is 8.49. The van der Waals surface area contributed by atoms with E-state index in [1.54, 1.807) is 7.11 Å². The van der Waals surface area contributed by atoms with Crippen molar-refractivity contribution in [1.82, 2.24) is 5.32 Å². The van der Waals surface area contributed by atoms with Crippen LogP contribution >= 0.6 is 0 Å². The Bertz CT molecular complexity index is 861. The zero-order valence-electron chi connectivity index (χ0n) is 14.9. The van der Waals surface area contributed by atoms with Gasteiger partial charge in [-0.2, -0.15) is 0 Å². The molecule has 1 atom stereocenters. The van der Waals surface area contributed by atoms with Crippen molar-refractivity contribution >= 4 is 11.7 Å². The number of carbonyl (C=O) groups is 1. The number of ether oxygens (including phenoxy) is 1. The van der Waals surface area contributed by atoms with E-state index in [9.17, 15) is 4.79 Å². The molecule has 2 amide bonds. The van der Waals surface area contributed by atoms with Gasteiger partial charge in [0.2, 0.25) is 0 Å². The molecule has 0 aliphatic rings. The molecule has 4 heteroatoms. The van der Waals surface area contributed by atoms with Gasteiger partial charge in [-0.15, -0.1) is 0 Å². The van der Waals surface area contributed by atoms with Gasteiger partial charge in [0, 0.05) is 0 Å². The van der Waals surface area contributed by atoms with Crippen LogP contribution in [0, 0.1) is 6.92 Å². The fraction of sp³-hybridized carbons (Fsp3) is 0.136. The SMILES string of the molecule is COc1ccccc1NC(=O)N[C@H](c1ccccc1)c1ccc(C)cc1. The van der Waals surface area contributed by atoms with Crippen LogP contribution in [0.4, 0.5) is 10.5 Å². The van der Waals surface area contributed by atoms with Crippen molar-refractivity contribution < 1.29 is 9.53 Å². The van der Waals surface area contributed by atoms with Crippen LogP contribution in [-0.4, -0.2) is 13.1 Å². The standard InChI is InChI=1S/C22H22N2O2/c1-16-12-14-18(15-13-16)21(17-8-4-3-5-9-17)24-22(25)23-19-10-6-7-11-20(19)26-2/h3-15,21H,1-2H3,(H2,23,24,25)/t21-/m1/s1. The van der Waals surface area contributed by atoms with Crippen molar-refractivity contribution in [2.75, 3.05) is 12.4 Å². The number of benzene rings is 3. The Morgan fingerprint density at radius 2 is 1.46 bits per heavy atom. The Kier molecular flexibility index (Phi) is 5.54. The number of carbonyl (C=O) groups excluding carboxylic acids is 1. The van der Waals surface area contributed by atoms with Gasteiger partial charge < -0.3 is 15.4 Å². The molecule has 2 N–H and O–H groups in total. The molecule has 3 rings (SSSR count). The molecule has 0 aromatic heterocycles. The van der Waals surface area contributed by atoms with Crippen molar-refractivity contribution in [3.8, 4) is 5.75 Å². The maximum absolute atomic E-state index is 12.6. The summed E-state index contributed by atoms with van der Waals surface area (Å²) >= 11 is 0. The zero-order valence-corrected chi connectivity index (χ0v) is 14.9. The minimum Gasteiger partial charge on any atom is -0.495 e. The predicted molar refractivity (Wildman–Crippen MR) is 105 cm³/mol. The second-order valence-electron chi connectivity index (χ2n) is 6.05. The van der Waals surface area contributed by atoms with Gasteiger partial charge in [-0.25, -0.2) is 4.79 Å². The molecule has 0 fully saturated rings. The number of rotatable bonds is 5. The number of urea groups is 1. The van der Waals surface area contributed by atoms with Crippen molar-refractivity contribution in [3.63, 3.8) is 0 Å². The molecule has 0 bridgehead atoms. The quantitative estimate of drug-likeness (QED) is 0.689. The molecule has 3 aromatic rings. The summed E-state index contributed by atoms with van der Waals surface area (Å²) in [5, 5.41) is 5.93. The summed E-state index contributed by atoms with van der Waals surface area (Å²) in [6.45, 7) is 2.04. The van der Waals surface area contributed by atoms with E-state index in [0.717, 1.165) is 11.1 Å². The lowest BCUT2D eigenvalue weighted by atomic mass is 9.98. The van der Waals surface area contributed by atoms with Gasteiger partial charge in [0.05, 0.1) is 18.8 Å². The highest BCUT2D eigenvalue weighted by atomic mass is 16.5. The molecule has 0 radical (unpaired) electrons. The maximum atomic E-state index is 12.6. The topological polar surface area (TPSA) is 50.4 Å². The van der Waals surface area contributed by atoms with Gasteiger partial charge >= 0.3 is 6.03 Å². The van der Waals surface area contributed by atoms with Crippen LogP contribution in [0.1, 0.15) is 22.7 Å². The summed E-state index contributed by atoms with van der Waals surface area (Å²) in [5.41, 5.74) is 3.85. The number of hydrogen-bond acceptors (Lipinski definition) is 2. The van der Waals surface area contributed by atoms with Gasteiger partial charge in [0.1, 0.15) is 5.75 Å². The smallest absolute Gasteiger partial charge is 0.320 e. The average molecular weight is 346 g/mol. The minimum absolute atomic E-state index is 0.244. The third-order valence-corrected chi connectivity index (χ3v) is 4.17. The number of amides is 2. The highest BCUT2D eigenvalue weighted by Gasteiger charge is 2.17. The second-order valence-corrected chi connectivity index (χ2v) is 6.05. The molecule has 0 heterocycles. The molecule has 0 spiro atoms. The molecule has 0 saturated carbocycles. The fourth-order valence-corrected chi connectivity index (χ4v) is 2.80. The number of aryl methyl sites for hydroxylation is 1. The molecule has 0 aliphatic carbocycles. The van der Waals surface area contributed by atoms with Crippen molar-refractivity contribution in [1.29, 1.82) is 0 Å². The number of anilines is 1. The molecule has 3 aromatic carbocycles. The maximum Gasteiger partial charge on any atom is 0.320 e. The fourth-order valence-electron chi connectivity index (χ4n) is 2.80. The van der Waals surface area contributed by atoms with Gasteiger partial charge in [0.25, 0.3) is 0 Å². The molecule has 0 aliphatic heterocycles. The van der Waals surface area contributed by atoms with E-state index in [-0.39, 0.29) is 12.1 Å². The monoisotopic (exact) mass is 346 g/mol. The van der Waals surface area contributed by atoms with E-state index in [1.165, 1.54) is 5.56 Å². The van der Waals surface area contributed by atoms with E-state index in [4.69, 9.17) is 4.74 Å². The van der Waals surface area contributed by atoms with E-state index >= 15 is 0 Å². The predicted octanol–water partition coefficient (Wildman–Crippen LogP) is 4.91. The summed E-state index contributed by atoms with van der Waals surface area (Å²) in [7, 11) is 1.58. The van der Waals surface area contributed by atoms with Crippen LogP contribution in [0.15, 0.2) is 78.9 Å². The van der Waals surface area contributed by atoms with Gasteiger partial charge in [-0.05, 0) is 30.2 Å². The lowest BCUT2D eigenvalue weighted by molar-refractivity contribution is 0.250. The number of para-hydroxylation sites is 2. The Morgan fingerprint density at radius 1 is 0.846 bits per heavy atom. The highest BCUT2D eigenvalue weighted by Crippen LogP contribution is 2.25. The Morgan fingerprint density at radius 3 is 2.15 bits per heavy atom. The Hall–Kier alpha value is -3.27. The summed E-state index contributed by atoms with van der Waals surface area (Å²) < 4.78 is 5.29. The molecule has 0 saturated heterocycles. The largest absolute Gasteiger partial charge is 0.495 e. The Labute approximate surface area is 153 Å². The van der Waals surface area contributed by atoms with Gasteiger partial charge in [0.15, 0.2) is 0 Å². The van der Waals surface area contributed by atoms with Crippen LogP contribution in [0.25, 0.3) is 0 Å². The third kappa shape index (κ3) is 4.22. The van der Waals surface area contributed by atoms with Crippen molar-refractivity contribution in [2.45, 2.75) is 13.0 Å². The molecule has 26 heavy (non-hydrogen) atoms. The first-order valence-electron chi connectivity index (χ1n) is 8.49. The molecule has 0 unspecified atom stereocenters. The summed E-state index contributed by atoms with van der Waals surface area (Å²) in [5.74, 6) is 0.620. The Balaban J connectivity index is 1.83. The second kappa shape index (κ2) is 8.21. The molecular formula is C22H22N2O2. The minimum atomic E-state index is -0.288. The van der Waals surface area contributed by atoms with Gasteiger partial charge in [-0.1, -0.05) is 72.3 Å². The number of hydrogen-bond donors (Lipinski definition) is 2. The van der Waals surface area contributed by atoms with Crippen LogP contribution in [0.2, 0.25) is 0 Å². The molecule has 132 valence electrons. The zero-order chi connectivity index (χ0) is 18.4. The summed E-state index contributed by atoms with van der Waals surface area (Å²) in [4.78, 5) is 12.6. The number of methoxy groups -OCH3 is 1. The van der Waals surface area contributed by atoms with Crippen LogP contribution in [-0.2, 0) is 0 Å². The first-order chi connectivity index (χ1) is 12.7. The van der Waals surface area contributed by atoms with Crippen molar-refractivity contribution in [3.05, 3.63) is 95.6 Å². The van der Waals surface area contributed by atoms with Crippen LogP contribution in [0.3, 0.4) is 0 Å². The lowest BCUT2D eigenvalue weighted by Crippen LogP contribution is -2.33. The molecular weight excluding hydrogens is 324 g/mol. The lowest BCUT2D eigenvalue weighted by Gasteiger charge is -2.21. The normalized spacial score (nSPS) is 11.5. The van der Waals surface area contributed by atoms with Gasteiger partial charge in [-0.3, -0.25) is 0 Å². The summed E-state index contributed by atoms with van der Waals surface area (Å²) in [6.07, 6.45) is 0. The van der Waals surface area contributed by atoms with E-state index in [0.29, 0.717) is 11.4 Å². The van der Waals surface area contributed by atoms with Crippen LogP contribution < -0.4 is 15.4 Å². The third-order valence-electron chi connectivity index (χ3n) is 4.17. The van der Waals surface area contributed by atoms with Crippen molar-refractivity contribution in [2.24, 2.45) is 0 Å². The van der Waals surface area contributed by atoms with Crippen LogP contribution in [0.5, 0.6) is 5.75 Å². The van der Waals surface area contributed by atoms with E-state index in [2.05, 4.69) is 10.6 Å². The highest BCUT2D eigenvalue weighted by molar-refractivity contribution is 5.91. The van der Waals surface area contributed by atoms with E-state index < -0.39 is 0 Å². The van der Waals surface area contributed by atoms with E-state index in [1.807, 2.05) is 85.8 Å². The first kappa shape index (κ1) is 17.5. The average Bonchev–Trinajstić information content (AvgIpc) is 2.68. The summed E-state index contributed by atoms with van der Waals surface area (Å²) in [6, 6.07) is 24.9. The number of nitrogens with one attached hydrogen (secondary N) is 2. The molecule has 4 nitrogen and oxygen atoms in total.